The lowest BCUT2D eigenvalue weighted by molar-refractivity contribution is 0.0649. The van der Waals surface area contributed by atoms with Gasteiger partial charge in [-0.05, 0) is 68.0 Å². The van der Waals surface area contributed by atoms with E-state index in [-0.39, 0.29) is 11.4 Å². The summed E-state index contributed by atoms with van der Waals surface area (Å²) in [5, 5.41) is 4.13. The van der Waals surface area contributed by atoms with Crippen LogP contribution in [0.3, 0.4) is 0 Å². The summed E-state index contributed by atoms with van der Waals surface area (Å²) >= 11 is 0. The Morgan fingerprint density at radius 3 is 2.97 bits per heavy atom. The molecule has 3 aliphatic heterocycles. The third-order valence-corrected chi connectivity index (χ3v) is 7.00. The third-order valence-electron chi connectivity index (χ3n) is 7.00. The summed E-state index contributed by atoms with van der Waals surface area (Å²) in [6, 6.07) is 9.74. The molecule has 7 heteroatoms. The summed E-state index contributed by atoms with van der Waals surface area (Å²) in [6.07, 6.45) is 5.97. The highest BCUT2D eigenvalue weighted by atomic mass is 16.5. The van der Waals surface area contributed by atoms with E-state index in [1.54, 1.807) is 7.11 Å². The number of likely N-dealkylation sites (tertiary alicyclic amines) is 1. The second-order valence-electron chi connectivity index (χ2n) is 9.72. The van der Waals surface area contributed by atoms with Gasteiger partial charge in [0.25, 0.3) is 5.91 Å². The summed E-state index contributed by atoms with van der Waals surface area (Å²) in [7, 11) is 1.63. The van der Waals surface area contributed by atoms with Gasteiger partial charge in [0.1, 0.15) is 11.6 Å². The number of ether oxygens (including phenoxy) is 1. The highest BCUT2D eigenvalue weighted by Crippen LogP contribution is 2.37. The van der Waals surface area contributed by atoms with Crippen LogP contribution >= 0.6 is 0 Å². The maximum atomic E-state index is 13.3. The summed E-state index contributed by atoms with van der Waals surface area (Å²) in [5.74, 6) is 2.62. The Bertz CT molecular complexity index is 1050. The highest BCUT2D eigenvalue weighted by Gasteiger charge is 2.42. The van der Waals surface area contributed by atoms with Crippen molar-refractivity contribution >= 4 is 17.9 Å². The Morgan fingerprint density at radius 1 is 1.31 bits per heavy atom. The van der Waals surface area contributed by atoms with Gasteiger partial charge in [-0.3, -0.25) is 4.79 Å². The van der Waals surface area contributed by atoms with E-state index in [1.807, 2.05) is 41.6 Å². The summed E-state index contributed by atoms with van der Waals surface area (Å²) < 4.78 is 5.31. The number of pyridine rings is 1. The fourth-order valence-corrected chi connectivity index (χ4v) is 5.37. The molecule has 0 aliphatic carbocycles. The van der Waals surface area contributed by atoms with E-state index in [0.29, 0.717) is 23.1 Å². The fraction of sp³-hybridized carbons (Fsp3) is 0.480. The van der Waals surface area contributed by atoms with Gasteiger partial charge < -0.3 is 20.0 Å². The minimum absolute atomic E-state index is 0.0767. The van der Waals surface area contributed by atoms with E-state index in [1.165, 1.54) is 11.1 Å². The molecule has 2 atom stereocenters. The first-order valence-corrected chi connectivity index (χ1v) is 11.4. The number of methoxy groups -OCH3 is 1. The monoisotopic (exact) mass is 433 g/mol. The Balaban J connectivity index is 1.28. The van der Waals surface area contributed by atoms with E-state index in [9.17, 15) is 4.79 Å². The number of fused-ring (bicyclic) bond motifs is 1. The molecule has 0 radical (unpaired) electrons. The summed E-state index contributed by atoms with van der Waals surface area (Å²) in [6.45, 7) is 7.87. The van der Waals surface area contributed by atoms with Gasteiger partial charge in [-0.15, -0.1) is 0 Å². The first-order valence-electron chi connectivity index (χ1n) is 11.4. The molecule has 1 aromatic heterocycles. The maximum absolute atomic E-state index is 13.3. The van der Waals surface area contributed by atoms with Crippen molar-refractivity contribution < 1.29 is 9.53 Å². The molecule has 7 nitrogen and oxygen atoms in total. The number of hydrogen-bond acceptors (Lipinski definition) is 6. The Hall–Kier alpha value is -3.09. The molecule has 1 amide bonds. The number of nitrogens with one attached hydrogen (secondary N) is 1. The summed E-state index contributed by atoms with van der Waals surface area (Å²) in [4.78, 5) is 22.6. The first-order chi connectivity index (χ1) is 15.4. The normalized spacial score (nSPS) is 23.3. The number of carbonyl (C=O) groups excluding carboxylic acids is 1. The fourth-order valence-electron chi connectivity index (χ4n) is 5.37. The van der Waals surface area contributed by atoms with E-state index in [0.717, 1.165) is 44.8 Å². The minimum Gasteiger partial charge on any atom is -0.497 e. The predicted molar refractivity (Wildman–Crippen MR) is 126 cm³/mol. The molecule has 1 N–H and O–H groups in total. The van der Waals surface area contributed by atoms with Gasteiger partial charge in [0.05, 0.1) is 7.11 Å². The first kappa shape index (κ1) is 20.8. The van der Waals surface area contributed by atoms with Crippen LogP contribution in [0.4, 0.5) is 5.82 Å². The molecule has 0 spiro atoms. The van der Waals surface area contributed by atoms with Gasteiger partial charge in [-0.1, -0.05) is 6.07 Å². The maximum Gasteiger partial charge on any atom is 0.254 e. The molecule has 32 heavy (non-hydrogen) atoms. The molecule has 1 saturated heterocycles. The number of amides is 1. The van der Waals surface area contributed by atoms with E-state index < -0.39 is 0 Å². The quantitative estimate of drug-likeness (QED) is 0.785. The smallest absolute Gasteiger partial charge is 0.254 e. The zero-order chi connectivity index (χ0) is 22.3. The molecule has 0 bridgehead atoms. The van der Waals surface area contributed by atoms with Gasteiger partial charge in [0.2, 0.25) is 0 Å². The molecule has 2 aromatic rings. The zero-order valence-electron chi connectivity index (χ0n) is 19.0. The number of aromatic nitrogens is 1. The Kier molecular flexibility index (Phi) is 5.27. The largest absolute Gasteiger partial charge is 0.497 e. The van der Waals surface area contributed by atoms with E-state index >= 15 is 0 Å². The van der Waals surface area contributed by atoms with Crippen LogP contribution in [0.2, 0.25) is 0 Å². The second kappa shape index (κ2) is 8.11. The zero-order valence-corrected chi connectivity index (χ0v) is 19.0. The van der Waals surface area contributed by atoms with Crippen LogP contribution in [0.15, 0.2) is 41.6 Å². The lowest BCUT2D eigenvalue weighted by Crippen LogP contribution is -2.42. The summed E-state index contributed by atoms with van der Waals surface area (Å²) in [5.41, 5.74) is 6.09. The number of benzene rings is 1. The van der Waals surface area contributed by atoms with Crippen molar-refractivity contribution in [1.82, 2.24) is 15.3 Å². The van der Waals surface area contributed by atoms with Crippen molar-refractivity contribution in [3.63, 3.8) is 0 Å². The molecular formula is C25H31N5O2. The topological polar surface area (TPSA) is 70.1 Å². The second-order valence-corrected chi connectivity index (χ2v) is 9.72. The van der Waals surface area contributed by atoms with Crippen LogP contribution in [0, 0.1) is 5.92 Å². The molecule has 168 valence electrons. The number of anilines is 1. The van der Waals surface area contributed by atoms with Crippen LogP contribution in [0.1, 0.15) is 47.7 Å². The highest BCUT2D eigenvalue weighted by molar-refractivity contribution is 5.95. The number of nitrogens with zero attached hydrogens (tertiary/aromatic N) is 4. The molecule has 3 aliphatic rings. The van der Waals surface area contributed by atoms with Crippen LogP contribution in [-0.4, -0.2) is 60.8 Å². The number of hydrazone groups is 1. The third kappa shape index (κ3) is 3.80. The standard InChI is InChI=1S/C25H31N5O2/c1-25(2)11-17(16-30(25)24(31)19-5-4-6-22(10-19)32-3)15-29-8-7-18-9-20(12-26-23(18)29)21-13-27-28-14-21/h4-6,9-10,12-13,17,21,28H,7-8,11,14-16H2,1-3H3. The molecule has 1 aromatic carbocycles. The lowest BCUT2D eigenvalue weighted by Gasteiger charge is -2.31. The predicted octanol–water partition coefficient (Wildman–Crippen LogP) is 3.07. The van der Waals surface area contributed by atoms with Crippen molar-refractivity contribution in [3.05, 3.63) is 53.2 Å². The van der Waals surface area contributed by atoms with E-state index in [2.05, 4.69) is 35.3 Å². The lowest BCUT2D eigenvalue weighted by atomic mass is 9.95. The Labute approximate surface area is 189 Å². The number of carbonyl (C=O) groups is 1. The van der Waals surface area contributed by atoms with Crippen molar-refractivity contribution in [2.45, 2.75) is 38.1 Å². The van der Waals surface area contributed by atoms with Crippen LogP contribution in [-0.2, 0) is 6.42 Å². The van der Waals surface area contributed by atoms with Gasteiger partial charge in [-0.2, -0.15) is 5.10 Å². The molecular weight excluding hydrogens is 402 g/mol. The minimum atomic E-state index is -0.181. The SMILES string of the molecule is COc1cccc(C(=O)N2CC(CN3CCc4cc(C5C=NNC5)cnc43)CC2(C)C)c1. The van der Waals surface area contributed by atoms with Crippen molar-refractivity contribution in [3.8, 4) is 5.75 Å². The van der Waals surface area contributed by atoms with Crippen molar-refractivity contribution in [2.75, 3.05) is 38.2 Å². The molecule has 4 heterocycles. The van der Waals surface area contributed by atoms with Crippen LogP contribution in [0.5, 0.6) is 5.75 Å². The van der Waals surface area contributed by atoms with Gasteiger partial charge >= 0.3 is 0 Å². The van der Waals surface area contributed by atoms with Gasteiger partial charge in [-0.25, -0.2) is 4.98 Å². The average Bonchev–Trinajstić information content (AvgIpc) is 3.52. The average molecular weight is 434 g/mol. The van der Waals surface area contributed by atoms with Crippen molar-refractivity contribution in [2.24, 2.45) is 11.0 Å². The molecule has 2 unspecified atom stereocenters. The molecule has 5 rings (SSSR count). The Morgan fingerprint density at radius 2 is 2.19 bits per heavy atom. The van der Waals surface area contributed by atoms with Crippen molar-refractivity contribution in [1.29, 1.82) is 0 Å². The van der Waals surface area contributed by atoms with Crippen LogP contribution in [0.25, 0.3) is 0 Å². The number of hydrogen-bond donors (Lipinski definition) is 1. The molecule has 1 fully saturated rings. The van der Waals surface area contributed by atoms with E-state index in [4.69, 9.17) is 9.72 Å². The van der Waals surface area contributed by atoms with Gasteiger partial charge in [0, 0.05) is 55.6 Å². The number of rotatable bonds is 5. The van der Waals surface area contributed by atoms with Crippen LogP contribution < -0.4 is 15.1 Å². The molecule has 0 saturated carbocycles. The van der Waals surface area contributed by atoms with Gasteiger partial charge in [0.15, 0.2) is 0 Å².